The quantitative estimate of drug-likeness (QED) is 0.854. The largest absolute Gasteiger partial charge is 0.349 e. The molecule has 2 nitrogen and oxygen atoms in total. The second kappa shape index (κ2) is 5.63. The summed E-state index contributed by atoms with van der Waals surface area (Å²) in [6.07, 6.45) is 3.34. The van der Waals surface area contributed by atoms with Crippen molar-refractivity contribution < 1.29 is 9.18 Å². The fourth-order valence-corrected chi connectivity index (χ4v) is 3.04. The lowest BCUT2D eigenvalue weighted by Gasteiger charge is -2.18. The van der Waals surface area contributed by atoms with E-state index < -0.39 is 0 Å². The van der Waals surface area contributed by atoms with Crippen LogP contribution in [0.15, 0.2) is 24.3 Å². The summed E-state index contributed by atoms with van der Waals surface area (Å²) in [6, 6.07) is 5.90. The minimum Gasteiger partial charge on any atom is -0.349 e. The van der Waals surface area contributed by atoms with Gasteiger partial charge in [-0.05, 0) is 43.0 Å². The van der Waals surface area contributed by atoms with Gasteiger partial charge in [0.25, 0.3) is 5.91 Å². The zero-order chi connectivity index (χ0) is 12.3. The molecule has 0 aromatic heterocycles. The highest BCUT2D eigenvalue weighted by Gasteiger charge is 2.27. The van der Waals surface area contributed by atoms with Crippen molar-refractivity contribution in [2.75, 3.05) is 5.33 Å². The fourth-order valence-electron chi connectivity index (χ4n) is 2.26. The highest BCUT2D eigenvalue weighted by molar-refractivity contribution is 9.09. The Morgan fingerprint density at radius 2 is 2.06 bits per heavy atom. The maximum atomic E-state index is 12.7. The molecule has 92 valence electrons. The smallest absolute Gasteiger partial charge is 0.251 e. The fraction of sp³-hybridized carbons (Fsp3) is 0.462. The molecule has 1 fully saturated rings. The highest BCUT2D eigenvalue weighted by Crippen LogP contribution is 2.27. The zero-order valence-electron chi connectivity index (χ0n) is 9.46. The van der Waals surface area contributed by atoms with Crippen molar-refractivity contribution in [3.8, 4) is 0 Å². The molecule has 1 aliphatic carbocycles. The first-order chi connectivity index (χ1) is 8.20. The summed E-state index contributed by atoms with van der Waals surface area (Å²) in [7, 11) is 0. The number of amides is 1. The topological polar surface area (TPSA) is 29.1 Å². The molecule has 2 rings (SSSR count). The number of carbonyl (C=O) groups is 1. The number of hydrogen-bond donors (Lipinski definition) is 1. The van der Waals surface area contributed by atoms with Crippen molar-refractivity contribution in [2.24, 2.45) is 5.92 Å². The van der Waals surface area contributed by atoms with Crippen molar-refractivity contribution in [1.82, 2.24) is 5.32 Å². The average molecular weight is 300 g/mol. The lowest BCUT2D eigenvalue weighted by molar-refractivity contribution is 0.0930. The van der Waals surface area contributed by atoms with Crippen molar-refractivity contribution in [1.29, 1.82) is 0 Å². The molecule has 1 aliphatic rings. The molecule has 17 heavy (non-hydrogen) atoms. The molecule has 1 aromatic carbocycles. The zero-order valence-corrected chi connectivity index (χ0v) is 11.0. The Bertz CT molecular complexity index is 393. The summed E-state index contributed by atoms with van der Waals surface area (Å²) in [5.74, 6) is 0.0861. The minimum absolute atomic E-state index is 0.108. The standard InChI is InChI=1S/C13H15BrFNO/c14-8-10-2-1-3-12(10)16-13(17)9-4-6-11(15)7-5-9/h4-7,10,12H,1-3,8H2,(H,16,17). The van der Waals surface area contributed by atoms with Crippen molar-refractivity contribution in [3.63, 3.8) is 0 Å². The molecule has 1 saturated carbocycles. The van der Waals surface area contributed by atoms with Gasteiger partial charge in [0.2, 0.25) is 0 Å². The highest BCUT2D eigenvalue weighted by atomic mass is 79.9. The van der Waals surface area contributed by atoms with Crippen LogP contribution in [0.5, 0.6) is 0 Å². The monoisotopic (exact) mass is 299 g/mol. The van der Waals surface area contributed by atoms with Crippen LogP contribution in [0.1, 0.15) is 29.6 Å². The van der Waals surface area contributed by atoms with E-state index in [2.05, 4.69) is 21.2 Å². The van der Waals surface area contributed by atoms with Crippen LogP contribution in [-0.2, 0) is 0 Å². The van der Waals surface area contributed by atoms with E-state index in [0.717, 1.165) is 24.6 Å². The van der Waals surface area contributed by atoms with Gasteiger partial charge in [0, 0.05) is 16.9 Å². The van der Waals surface area contributed by atoms with Gasteiger partial charge in [-0.25, -0.2) is 4.39 Å². The number of nitrogens with one attached hydrogen (secondary N) is 1. The first kappa shape index (κ1) is 12.6. The summed E-state index contributed by atoms with van der Waals surface area (Å²) < 4.78 is 12.7. The molecular weight excluding hydrogens is 285 g/mol. The number of rotatable bonds is 3. The molecular formula is C13H15BrFNO. The van der Waals surface area contributed by atoms with E-state index >= 15 is 0 Å². The lowest BCUT2D eigenvalue weighted by Crippen LogP contribution is -2.37. The predicted molar refractivity (Wildman–Crippen MR) is 68.8 cm³/mol. The predicted octanol–water partition coefficient (Wildman–Crippen LogP) is 3.12. The number of carbonyl (C=O) groups excluding carboxylic acids is 1. The van der Waals surface area contributed by atoms with Gasteiger partial charge < -0.3 is 5.32 Å². The first-order valence-electron chi connectivity index (χ1n) is 5.83. The maximum absolute atomic E-state index is 12.7. The molecule has 0 saturated heterocycles. The first-order valence-corrected chi connectivity index (χ1v) is 6.95. The molecule has 2 atom stereocenters. The molecule has 0 aliphatic heterocycles. The second-order valence-electron chi connectivity index (χ2n) is 4.43. The van der Waals surface area contributed by atoms with E-state index in [4.69, 9.17) is 0 Å². The van der Waals surface area contributed by atoms with Gasteiger partial charge in [0.05, 0.1) is 0 Å². The summed E-state index contributed by atoms with van der Waals surface area (Å²) in [4.78, 5) is 11.9. The summed E-state index contributed by atoms with van der Waals surface area (Å²) >= 11 is 3.47. The number of alkyl halides is 1. The Hall–Kier alpha value is -0.900. The van der Waals surface area contributed by atoms with E-state index in [-0.39, 0.29) is 17.8 Å². The van der Waals surface area contributed by atoms with Crippen LogP contribution in [0.25, 0.3) is 0 Å². The molecule has 0 bridgehead atoms. The van der Waals surface area contributed by atoms with Gasteiger partial charge in [-0.15, -0.1) is 0 Å². The van der Waals surface area contributed by atoms with Crippen LogP contribution in [0, 0.1) is 11.7 Å². The SMILES string of the molecule is O=C(NC1CCCC1CBr)c1ccc(F)cc1. The number of hydrogen-bond acceptors (Lipinski definition) is 1. The molecule has 1 amide bonds. The molecule has 0 heterocycles. The third-order valence-corrected chi connectivity index (χ3v) is 4.11. The van der Waals surface area contributed by atoms with E-state index in [1.165, 1.54) is 24.3 Å². The summed E-state index contributed by atoms with van der Waals surface area (Å²) in [5, 5.41) is 3.94. The van der Waals surface area contributed by atoms with Gasteiger partial charge >= 0.3 is 0 Å². The molecule has 2 unspecified atom stereocenters. The van der Waals surface area contributed by atoms with Gasteiger partial charge in [-0.1, -0.05) is 22.4 Å². The van der Waals surface area contributed by atoms with Crippen LogP contribution in [-0.4, -0.2) is 17.3 Å². The normalized spacial score (nSPS) is 23.6. The summed E-state index contributed by atoms with van der Waals surface area (Å²) in [6.45, 7) is 0. The summed E-state index contributed by atoms with van der Waals surface area (Å²) in [5.41, 5.74) is 0.520. The Labute approximate surface area is 109 Å². The van der Waals surface area contributed by atoms with E-state index in [1.54, 1.807) is 0 Å². The minimum atomic E-state index is -0.319. The molecule has 1 aromatic rings. The van der Waals surface area contributed by atoms with Crippen LogP contribution in [0.2, 0.25) is 0 Å². The van der Waals surface area contributed by atoms with Crippen LogP contribution < -0.4 is 5.32 Å². The van der Waals surface area contributed by atoms with Crippen molar-refractivity contribution >= 4 is 21.8 Å². The van der Waals surface area contributed by atoms with Crippen molar-refractivity contribution in [3.05, 3.63) is 35.6 Å². The Morgan fingerprint density at radius 1 is 1.35 bits per heavy atom. The van der Waals surface area contributed by atoms with E-state index in [0.29, 0.717) is 11.5 Å². The molecule has 0 radical (unpaired) electrons. The molecule has 0 spiro atoms. The lowest BCUT2D eigenvalue weighted by atomic mass is 10.1. The molecule has 1 N–H and O–H groups in total. The van der Waals surface area contributed by atoms with E-state index in [9.17, 15) is 9.18 Å². The van der Waals surface area contributed by atoms with Gasteiger partial charge in [0.1, 0.15) is 5.82 Å². The van der Waals surface area contributed by atoms with Gasteiger partial charge in [-0.3, -0.25) is 4.79 Å². The number of benzene rings is 1. The second-order valence-corrected chi connectivity index (χ2v) is 5.08. The average Bonchev–Trinajstić information content (AvgIpc) is 2.77. The number of halogens is 2. The van der Waals surface area contributed by atoms with Gasteiger partial charge in [-0.2, -0.15) is 0 Å². The van der Waals surface area contributed by atoms with Crippen LogP contribution in [0.4, 0.5) is 4.39 Å². The Kier molecular flexibility index (Phi) is 4.15. The third kappa shape index (κ3) is 3.06. The maximum Gasteiger partial charge on any atom is 0.251 e. The Morgan fingerprint density at radius 3 is 2.71 bits per heavy atom. The van der Waals surface area contributed by atoms with Gasteiger partial charge in [0.15, 0.2) is 0 Å². The third-order valence-electron chi connectivity index (χ3n) is 3.28. The van der Waals surface area contributed by atoms with Crippen molar-refractivity contribution in [2.45, 2.75) is 25.3 Å². The van der Waals surface area contributed by atoms with E-state index in [1.807, 2.05) is 0 Å². The Balaban J connectivity index is 1.99. The van der Waals surface area contributed by atoms with Crippen LogP contribution >= 0.6 is 15.9 Å². The van der Waals surface area contributed by atoms with Crippen LogP contribution in [0.3, 0.4) is 0 Å². The molecule has 4 heteroatoms.